The van der Waals surface area contributed by atoms with Crippen molar-refractivity contribution in [1.29, 1.82) is 0 Å². The van der Waals surface area contributed by atoms with Gasteiger partial charge < -0.3 is 19.5 Å². The molecule has 0 aliphatic carbocycles. The number of fused-ring (bicyclic) bond motifs is 1. The lowest BCUT2D eigenvalue weighted by Crippen LogP contribution is -2.16. The number of anilines is 1. The van der Waals surface area contributed by atoms with E-state index in [1.165, 1.54) is 27.4 Å². The highest BCUT2D eigenvalue weighted by Gasteiger charge is 2.36. The third kappa shape index (κ3) is 4.32. The van der Waals surface area contributed by atoms with E-state index >= 15 is 0 Å². The molecule has 0 spiro atoms. The normalized spacial score (nSPS) is 11.4. The zero-order chi connectivity index (χ0) is 24.5. The number of alkyl halides is 3. The Kier molecular flexibility index (Phi) is 6.01. The summed E-state index contributed by atoms with van der Waals surface area (Å²) in [6.07, 6.45) is -3.70. The summed E-state index contributed by atoms with van der Waals surface area (Å²) in [5.74, 6) is 0.560. The molecule has 2 aromatic heterocycles. The van der Waals surface area contributed by atoms with Crippen LogP contribution in [0.2, 0.25) is 0 Å². The smallest absolute Gasteiger partial charge is 0.433 e. The van der Waals surface area contributed by atoms with Crippen molar-refractivity contribution >= 4 is 17.2 Å². The Hall–Kier alpha value is -4.28. The molecule has 0 aliphatic heterocycles. The van der Waals surface area contributed by atoms with Gasteiger partial charge in [-0.05, 0) is 36.4 Å². The van der Waals surface area contributed by atoms with E-state index in [0.717, 1.165) is 12.3 Å². The summed E-state index contributed by atoms with van der Waals surface area (Å²) in [5, 5.41) is 6.41. The van der Waals surface area contributed by atoms with Crippen molar-refractivity contribution in [1.82, 2.24) is 14.6 Å². The van der Waals surface area contributed by atoms with E-state index in [0.29, 0.717) is 33.0 Å². The Balaban J connectivity index is 1.83. The number of amides is 1. The largest absolute Gasteiger partial charge is 0.497 e. The number of benzene rings is 2. The first kappa shape index (κ1) is 22.9. The van der Waals surface area contributed by atoms with Gasteiger partial charge in [-0.3, -0.25) is 4.79 Å². The Labute approximate surface area is 191 Å². The number of halogens is 3. The van der Waals surface area contributed by atoms with Crippen LogP contribution in [-0.4, -0.2) is 41.8 Å². The Bertz CT molecular complexity index is 1370. The number of hydrogen-bond donors (Lipinski definition) is 1. The maximum atomic E-state index is 13.9. The molecular formula is C23H19F3N4O4. The average molecular weight is 472 g/mol. The van der Waals surface area contributed by atoms with Gasteiger partial charge >= 0.3 is 6.18 Å². The minimum Gasteiger partial charge on any atom is -0.497 e. The van der Waals surface area contributed by atoms with Crippen LogP contribution in [0.15, 0.2) is 54.7 Å². The molecule has 2 heterocycles. The second-order valence-electron chi connectivity index (χ2n) is 7.07. The Morgan fingerprint density at radius 3 is 2.41 bits per heavy atom. The predicted molar refractivity (Wildman–Crippen MR) is 117 cm³/mol. The maximum Gasteiger partial charge on any atom is 0.433 e. The van der Waals surface area contributed by atoms with Crippen molar-refractivity contribution in [3.63, 3.8) is 0 Å². The predicted octanol–water partition coefficient (Wildman–Crippen LogP) is 4.69. The molecule has 0 unspecified atom stereocenters. The fraction of sp³-hybridized carbons (Fsp3) is 0.174. The highest BCUT2D eigenvalue weighted by atomic mass is 19.4. The van der Waals surface area contributed by atoms with E-state index in [1.54, 1.807) is 36.4 Å². The van der Waals surface area contributed by atoms with Crippen molar-refractivity contribution in [2.45, 2.75) is 6.18 Å². The number of aromatic nitrogens is 3. The van der Waals surface area contributed by atoms with Crippen LogP contribution in [0, 0.1) is 0 Å². The first-order valence-corrected chi connectivity index (χ1v) is 9.89. The molecule has 1 amide bonds. The van der Waals surface area contributed by atoms with E-state index in [1.807, 2.05) is 0 Å². The van der Waals surface area contributed by atoms with E-state index in [-0.39, 0.29) is 16.9 Å². The summed E-state index contributed by atoms with van der Waals surface area (Å²) in [6, 6.07) is 12.0. The molecule has 4 rings (SSSR count). The van der Waals surface area contributed by atoms with Crippen LogP contribution in [0.1, 0.15) is 16.1 Å². The summed E-state index contributed by atoms with van der Waals surface area (Å²) in [5.41, 5.74) is -0.739. The SMILES string of the molecule is COc1cccc(NC(=O)c2cnn3c(C(F)(F)F)cc(-c4ccc(OC)c(OC)c4)nc23)c1. The van der Waals surface area contributed by atoms with E-state index in [2.05, 4.69) is 15.4 Å². The quantitative estimate of drug-likeness (QED) is 0.438. The summed E-state index contributed by atoms with van der Waals surface area (Å²) in [4.78, 5) is 17.2. The number of carbonyl (C=O) groups excluding carboxylic acids is 1. The standard InChI is InChI=1S/C23H19F3N4O4/c1-32-15-6-4-5-14(10-15)28-22(31)16-12-27-30-20(23(24,25)26)11-17(29-21(16)30)13-7-8-18(33-2)19(9-13)34-3/h4-12H,1-3H3,(H,28,31). The first-order chi connectivity index (χ1) is 16.2. The van der Waals surface area contributed by atoms with Gasteiger partial charge in [-0.25, -0.2) is 9.50 Å². The molecule has 0 saturated heterocycles. The van der Waals surface area contributed by atoms with Gasteiger partial charge in [0.05, 0.1) is 33.2 Å². The lowest BCUT2D eigenvalue weighted by Gasteiger charge is -2.13. The van der Waals surface area contributed by atoms with Crippen molar-refractivity contribution in [2.24, 2.45) is 0 Å². The summed E-state index contributed by atoms with van der Waals surface area (Å²) in [6.45, 7) is 0. The molecule has 11 heteroatoms. The molecule has 2 aromatic carbocycles. The summed E-state index contributed by atoms with van der Waals surface area (Å²) in [7, 11) is 4.34. The van der Waals surface area contributed by atoms with Crippen LogP contribution in [0.4, 0.5) is 18.9 Å². The van der Waals surface area contributed by atoms with Crippen LogP contribution in [-0.2, 0) is 6.18 Å². The fourth-order valence-electron chi connectivity index (χ4n) is 3.37. The van der Waals surface area contributed by atoms with Crippen LogP contribution in [0.5, 0.6) is 17.2 Å². The monoisotopic (exact) mass is 472 g/mol. The number of rotatable bonds is 6. The third-order valence-corrected chi connectivity index (χ3v) is 5.01. The molecular weight excluding hydrogens is 453 g/mol. The Morgan fingerprint density at radius 1 is 0.971 bits per heavy atom. The summed E-state index contributed by atoms with van der Waals surface area (Å²) >= 11 is 0. The van der Waals surface area contributed by atoms with Gasteiger partial charge in [0.25, 0.3) is 5.91 Å². The van der Waals surface area contributed by atoms with Crippen molar-refractivity contribution in [3.8, 4) is 28.5 Å². The van der Waals surface area contributed by atoms with Crippen LogP contribution in [0.3, 0.4) is 0 Å². The van der Waals surface area contributed by atoms with Gasteiger partial charge in [0.1, 0.15) is 11.3 Å². The summed E-state index contributed by atoms with van der Waals surface area (Å²) < 4.78 is 57.8. The number of hydrogen-bond acceptors (Lipinski definition) is 6. The van der Waals surface area contributed by atoms with Gasteiger partial charge in [0.15, 0.2) is 22.8 Å². The van der Waals surface area contributed by atoms with Crippen LogP contribution >= 0.6 is 0 Å². The number of nitrogens with zero attached hydrogens (tertiary/aromatic N) is 3. The average Bonchev–Trinajstić information content (AvgIpc) is 3.26. The highest BCUT2D eigenvalue weighted by molar-refractivity contribution is 6.08. The second kappa shape index (κ2) is 8.93. The van der Waals surface area contributed by atoms with Crippen LogP contribution < -0.4 is 19.5 Å². The minimum atomic E-state index is -4.75. The van der Waals surface area contributed by atoms with E-state index < -0.39 is 17.8 Å². The maximum absolute atomic E-state index is 13.9. The number of methoxy groups -OCH3 is 3. The first-order valence-electron chi connectivity index (χ1n) is 9.89. The zero-order valence-electron chi connectivity index (χ0n) is 18.3. The lowest BCUT2D eigenvalue weighted by molar-refractivity contribution is -0.142. The van der Waals surface area contributed by atoms with Crippen LogP contribution in [0.25, 0.3) is 16.9 Å². The zero-order valence-corrected chi connectivity index (χ0v) is 18.3. The van der Waals surface area contributed by atoms with Gasteiger partial charge in [-0.15, -0.1) is 0 Å². The third-order valence-electron chi connectivity index (χ3n) is 5.01. The molecule has 4 aromatic rings. The Morgan fingerprint density at radius 2 is 1.74 bits per heavy atom. The number of carbonyl (C=O) groups is 1. The van der Waals surface area contributed by atoms with E-state index in [4.69, 9.17) is 14.2 Å². The molecule has 0 saturated carbocycles. The number of nitrogens with one attached hydrogen (secondary N) is 1. The van der Waals surface area contributed by atoms with Gasteiger partial charge in [-0.1, -0.05) is 6.07 Å². The fourth-order valence-corrected chi connectivity index (χ4v) is 3.37. The molecule has 8 nitrogen and oxygen atoms in total. The molecule has 0 radical (unpaired) electrons. The highest BCUT2D eigenvalue weighted by Crippen LogP contribution is 2.36. The van der Waals surface area contributed by atoms with Gasteiger partial charge in [-0.2, -0.15) is 18.3 Å². The lowest BCUT2D eigenvalue weighted by atomic mass is 10.1. The minimum absolute atomic E-state index is 0.0169. The molecule has 0 fully saturated rings. The van der Waals surface area contributed by atoms with E-state index in [9.17, 15) is 18.0 Å². The molecule has 1 N–H and O–H groups in total. The second-order valence-corrected chi connectivity index (χ2v) is 7.07. The molecule has 0 bridgehead atoms. The number of ether oxygens (including phenoxy) is 3. The molecule has 0 aliphatic rings. The van der Waals surface area contributed by atoms with Gasteiger partial charge in [0.2, 0.25) is 0 Å². The van der Waals surface area contributed by atoms with Crippen molar-refractivity contribution in [3.05, 3.63) is 66.0 Å². The topological polar surface area (TPSA) is 87.0 Å². The molecule has 34 heavy (non-hydrogen) atoms. The van der Waals surface area contributed by atoms with Gasteiger partial charge in [0, 0.05) is 17.3 Å². The van der Waals surface area contributed by atoms with Crippen molar-refractivity contribution in [2.75, 3.05) is 26.6 Å². The van der Waals surface area contributed by atoms with Crippen molar-refractivity contribution < 1.29 is 32.2 Å². The molecule has 0 atom stereocenters. The molecule has 176 valence electrons.